The third-order valence-electron chi connectivity index (χ3n) is 6.77. The number of halogens is 1. The number of amides is 1. The van der Waals surface area contributed by atoms with Crippen LogP contribution in [0.2, 0.25) is 0 Å². The van der Waals surface area contributed by atoms with Crippen LogP contribution in [0.4, 0.5) is 0 Å². The number of aliphatic imine (C=N–C) groups is 1. The number of benzene rings is 1. The largest absolute Gasteiger partial charge is 0.379 e. The van der Waals surface area contributed by atoms with Crippen molar-refractivity contribution in [2.45, 2.75) is 64.0 Å². The molecule has 2 fully saturated rings. The molecule has 0 aromatic heterocycles. The molecule has 3 rings (SSSR count). The maximum absolute atomic E-state index is 12.2. The Labute approximate surface area is 216 Å². The normalized spacial score (nSPS) is 18.8. The minimum absolute atomic E-state index is 0. The Hall–Kier alpha value is -1.39. The van der Waals surface area contributed by atoms with E-state index in [4.69, 9.17) is 4.74 Å². The molecule has 3 N–H and O–H groups in total. The first kappa shape index (κ1) is 27.9. The summed E-state index contributed by atoms with van der Waals surface area (Å²) >= 11 is 0. The molecular formula is C25H42IN5O2. The first-order chi connectivity index (χ1) is 15.7. The zero-order chi connectivity index (χ0) is 22.7. The number of guanidine groups is 1. The fourth-order valence-electron chi connectivity index (χ4n) is 4.76. The average Bonchev–Trinajstić information content (AvgIpc) is 2.85. The van der Waals surface area contributed by atoms with Crippen molar-refractivity contribution in [1.29, 1.82) is 0 Å². The Bertz CT molecular complexity index is 729. The van der Waals surface area contributed by atoms with Gasteiger partial charge in [0.05, 0.1) is 13.2 Å². The van der Waals surface area contributed by atoms with Crippen LogP contribution in [0.3, 0.4) is 0 Å². The topological polar surface area (TPSA) is 78.0 Å². The highest BCUT2D eigenvalue weighted by Crippen LogP contribution is 2.33. The smallest absolute Gasteiger partial charge is 0.251 e. The fraction of sp³-hybridized carbons (Fsp3) is 0.680. The lowest BCUT2D eigenvalue weighted by molar-refractivity contribution is -0.0352. The van der Waals surface area contributed by atoms with E-state index in [9.17, 15) is 4.79 Å². The Morgan fingerprint density at radius 2 is 1.76 bits per heavy atom. The molecule has 7 nitrogen and oxygen atoms in total. The number of morpholine rings is 1. The van der Waals surface area contributed by atoms with Crippen molar-refractivity contribution in [2.75, 3.05) is 46.4 Å². The Kier molecular flexibility index (Phi) is 12.5. The number of hydrogen-bond acceptors (Lipinski definition) is 4. The highest BCUT2D eigenvalue weighted by molar-refractivity contribution is 14.0. The monoisotopic (exact) mass is 571 g/mol. The van der Waals surface area contributed by atoms with Gasteiger partial charge in [-0.25, -0.2) is 0 Å². The van der Waals surface area contributed by atoms with E-state index in [1.165, 1.54) is 32.1 Å². The summed E-state index contributed by atoms with van der Waals surface area (Å²) in [4.78, 5) is 19.2. The zero-order valence-electron chi connectivity index (χ0n) is 20.3. The van der Waals surface area contributed by atoms with Crippen LogP contribution >= 0.6 is 24.0 Å². The minimum atomic E-state index is -0.00340. The summed E-state index contributed by atoms with van der Waals surface area (Å²) < 4.78 is 5.59. The van der Waals surface area contributed by atoms with Crippen LogP contribution in [0, 0.1) is 0 Å². The molecule has 8 heteroatoms. The van der Waals surface area contributed by atoms with Crippen LogP contribution in [0.25, 0.3) is 0 Å². The van der Waals surface area contributed by atoms with Gasteiger partial charge in [-0.15, -0.1) is 24.0 Å². The summed E-state index contributed by atoms with van der Waals surface area (Å²) in [7, 11) is 1.82. The maximum Gasteiger partial charge on any atom is 0.251 e. The standard InChI is InChI=1S/C25H41N5O2.HI/c1-3-4-14-27-23(31)22-10-8-21(9-11-22)19-28-24(26-2)29-20-25(12-6-5-7-13-25)30-15-17-32-18-16-30;/h8-11H,3-7,12-20H2,1-2H3,(H,27,31)(H2,26,28,29);1H. The summed E-state index contributed by atoms with van der Waals surface area (Å²) in [5.74, 6) is 0.820. The Morgan fingerprint density at radius 3 is 2.39 bits per heavy atom. The molecule has 1 amide bonds. The number of rotatable bonds is 9. The van der Waals surface area contributed by atoms with E-state index in [1.54, 1.807) is 0 Å². The first-order valence-electron chi connectivity index (χ1n) is 12.3. The highest BCUT2D eigenvalue weighted by Gasteiger charge is 2.38. The summed E-state index contributed by atoms with van der Waals surface area (Å²) in [6, 6.07) is 7.80. The quantitative estimate of drug-likeness (QED) is 0.183. The van der Waals surface area contributed by atoms with Crippen LogP contribution in [0.15, 0.2) is 29.3 Å². The molecule has 0 unspecified atom stereocenters. The second-order valence-corrected chi connectivity index (χ2v) is 8.97. The Balaban J connectivity index is 0.00000385. The first-order valence-corrected chi connectivity index (χ1v) is 12.3. The fourth-order valence-corrected chi connectivity index (χ4v) is 4.76. The van der Waals surface area contributed by atoms with Crippen molar-refractivity contribution >= 4 is 35.8 Å². The number of carbonyl (C=O) groups is 1. The molecule has 1 aromatic rings. The molecule has 0 radical (unpaired) electrons. The molecule has 0 atom stereocenters. The number of unbranched alkanes of at least 4 members (excludes halogenated alkanes) is 1. The van der Waals surface area contributed by atoms with Gasteiger partial charge in [-0.1, -0.05) is 44.7 Å². The molecule has 186 valence electrons. The van der Waals surface area contributed by atoms with Crippen LogP contribution in [0.5, 0.6) is 0 Å². The van der Waals surface area contributed by atoms with Gasteiger partial charge < -0.3 is 20.7 Å². The minimum Gasteiger partial charge on any atom is -0.379 e. The van der Waals surface area contributed by atoms with Crippen molar-refractivity contribution in [1.82, 2.24) is 20.9 Å². The number of ether oxygens (including phenoxy) is 1. The van der Waals surface area contributed by atoms with E-state index in [1.807, 2.05) is 31.3 Å². The van der Waals surface area contributed by atoms with Crippen molar-refractivity contribution in [3.05, 3.63) is 35.4 Å². The van der Waals surface area contributed by atoms with E-state index >= 15 is 0 Å². The zero-order valence-corrected chi connectivity index (χ0v) is 22.7. The van der Waals surface area contributed by atoms with Gasteiger partial charge in [0.25, 0.3) is 5.91 Å². The van der Waals surface area contributed by atoms with Gasteiger partial charge in [-0.2, -0.15) is 0 Å². The SMILES string of the molecule is CCCCNC(=O)c1ccc(CNC(=NC)NCC2(N3CCOCC3)CCCCC2)cc1.I. The second kappa shape index (κ2) is 14.8. The van der Waals surface area contributed by atoms with Gasteiger partial charge in [0.15, 0.2) is 5.96 Å². The number of nitrogens with one attached hydrogen (secondary N) is 3. The summed E-state index contributed by atoms with van der Waals surface area (Å²) in [5, 5.41) is 9.99. The molecule has 1 aromatic carbocycles. The third kappa shape index (κ3) is 8.40. The molecule has 1 aliphatic heterocycles. The molecule has 0 bridgehead atoms. The lowest BCUT2D eigenvalue weighted by Crippen LogP contribution is -2.60. The third-order valence-corrected chi connectivity index (χ3v) is 6.77. The van der Waals surface area contributed by atoms with Gasteiger partial charge in [0.1, 0.15) is 0 Å². The van der Waals surface area contributed by atoms with Crippen LogP contribution in [-0.4, -0.2) is 68.7 Å². The van der Waals surface area contributed by atoms with Crippen LogP contribution < -0.4 is 16.0 Å². The van der Waals surface area contributed by atoms with Gasteiger partial charge in [-0.05, 0) is 37.0 Å². The van der Waals surface area contributed by atoms with Crippen molar-refractivity contribution in [3.63, 3.8) is 0 Å². The summed E-state index contributed by atoms with van der Waals surface area (Å²) in [5.41, 5.74) is 2.03. The predicted octanol–water partition coefficient (Wildman–Crippen LogP) is 3.53. The predicted molar refractivity (Wildman–Crippen MR) is 146 cm³/mol. The second-order valence-electron chi connectivity index (χ2n) is 8.97. The van der Waals surface area contributed by atoms with E-state index in [0.29, 0.717) is 12.1 Å². The molecule has 1 aliphatic carbocycles. The summed E-state index contributed by atoms with van der Waals surface area (Å²) in [6.07, 6.45) is 8.48. The van der Waals surface area contributed by atoms with Gasteiger partial charge >= 0.3 is 0 Å². The van der Waals surface area contributed by atoms with Crippen molar-refractivity contribution in [3.8, 4) is 0 Å². The van der Waals surface area contributed by atoms with Gasteiger partial charge in [0, 0.05) is 50.9 Å². The van der Waals surface area contributed by atoms with E-state index in [2.05, 4.69) is 32.8 Å². The molecule has 1 heterocycles. The summed E-state index contributed by atoms with van der Waals surface area (Å²) in [6.45, 7) is 8.13. The van der Waals surface area contributed by atoms with Gasteiger partial charge in [0.2, 0.25) is 0 Å². The van der Waals surface area contributed by atoms with E-state index in [0.717, 1.165) is 63.8 Å². The van der Waals surface area contributed by atoms with Crippen molar-refractivity contribution < 1.29 is 9.53 Å². The van der Waals surface area contributed by atoms with E-state index < -0.39 is 0 Å². The Morgan fingerprint density at radius 1 is 1.06 bits per heavy atom. The van der Waals surface area contributed by atoms with Crippen LogP contribution in [-0.2, 0) is 11.3 Å². The molecule has 33 heavy (non-hydrogen) atoms. The van der Waals surface area contributed by atoms with Crippen LogP contribution in [0.1, 0.15) is 67.8 Å². The number of nitrogens with zero attached hydrogens (tertiary/aromatic N) is 2. The number of carbonyl (C=O) groups excluding carboxylic acids is 1. The molecule has 2 aliphatic rings. The van der Waals surface area contributed by atoms with Crippen molar-refractivity contribution in [2.24, 2.45) is 4.99 Å². The maximum atomic E-state index is 12.2. The van der Waals surface area contributed by atoms with E-state index in [-0.39, 0.29) is 35.4 Å². The highest BCUT2D eigenvalue weighted by atomic mass is 127. The average molecular weight is 572 g/mol. The van der Waals surface area contributed by atoms with Gasteiger partial charge in [-0.3, -0.25) is 14.7 Å². The molecule has 0 spiro atoms. The molecule has 1 saturated carbocycles. The number of hydrogen-bond donors (Lipinski definition) is 3. The molecule has 1 saturated heterocycles. The molecular weight excluding hydrogens is 529 g/mol. The lowest BCUT2D eigenvalue weighted by atomic mass is 9.80. The lowest BCUT2D eigenvalue weighted by Gasteiger charge is -2.48.